The van der Waals surface area contributed by atoms with E-state index in [0.29, 0.717) is 5.92 Å². The first-order chi connectivity index (χ1) is 5.74. The van der Waals surface area contributed by atoms with Crippen molar-refractivity contribution >= 4 is 0 Å². The SMILES string of the molecule is C=C(CC)CC(O)C1CCOC1. The van der Waals surface area contributed by atoms with Gasteiger partial charge in [0.15, 0.2) is 0 Å². The second-order valence-corrected chi connectivity index (χ2v) is 3.50. The van der Waals surface area contributed by atoms with Gasteiger partial charge in [0.1, 0.15) is 0 Å². The molecule has 0 aromatic heterocycles. The molecule has 1 aliphatic heterocycles. The molecule has 0 amide bonds. The Morgan fingerprint density at radius 2 is 2.50 bits per heavy atom. The minimum atomic E-state index is -0.236. The summed E-state index contributed by atoms with van der Waals surface area (Å²) < 4.78 is 5.20. The van der Waals surface area contributed by atoms with Crippen LogP contribution < -0.4 is 0 Å². The van der Waals surface area contributed by atoms with Gasteiger partial charge in [-0.05, 0) is 19.3 Å². The minimum Gasteiger partial charge on any atom is -0.392 e. The first-order valence-electron chi connectivity index (χ1n) is 4.66. The maximum absolute atomic E-state index is 9.71. The number of aliphatic hydroxyl groups is 1. The highest BCUT2D eigenvalue weighted by atomic mass is 16.5. The molecule has 1 saturated heterocycles. The lowest BCUT2D eigenvalue weighted by Gasteiger charge is -2.16. The van der Waals surface area contributed by atoms with Gasteiger partial charge >= 0.3 is 0 Å². The van der Waals surface area contributed by atoms with Crippen LogP contribution >= 0.6 is 0 Å². The van der Waals surface area contributed by atoms with E-state index in [1.165, 1.54) is 0 Å². The summed E-state index contributed by atoms with van der Waals surface area (Å²) in [6.07, 6.45) is 2.47. The lowest BCUT2D eigenvalue weighted by atomic mass is 9.95. The predicted octanol–water partition coefficient (Wildman–Crippen LogP) is 1.74. The van der Waals surface area contributed by atoms with Crippen LogP contribution in [0.4, 0.5) is 0 Å². The Morgan fingerprint density at radius 1 is 1.75 bits per heavy atom. The molecule has 2 unspecified atom stereocenters. The van der Waals surface area contributed by atoms with E-state index in [0.717, 1.165) is 38.0 Å². The van der Waals surface area contributed by atoms with Gasteiger partial charge in [-0.3, -0.25) is 0 Å². The second-order valence-electron chi connectivity index (χ2n) is 3.50. The fourth-order valence-electron chi connectivity index (χ4n) is 1.46. The molecule has 0 aromatic rings. The Balaban J connectivity index is 2.26. The molecule has 1 heterocycles. The monoisotopic (exact) mass is 170 g/mol. The average Bonchev–Trinajstić information content (AvgIpc) is 2.56. The maximum Gasteiger partial charge on any atom is 0.0628 e. The summed E-state index contributed by atoms with van der Waals surface area (Å²) >= 11 is 0. The summed E-state index contributed by atoms with van der Waals surface area (Å²) in [6.45, 7) is 7.48. The molecule has 1 fully saturated rings. The molecule has 1 aliphatic rings. The van der Waals surface area contributed by atoms with Crippen LogP contribution in [0.3, 0.4) is 0 Å². The number of hydrogen-bond acceptors (Lipinski definition) is 2. The highest BCUT2D eigenvalue weighted by molar-refractivity contribution is 4.96. The summed E-state index contributed by atoms with van der Waals surface area (Å²) in [5.41, 5.74) is 1.13. The molecule has 0 aliphatic carbocycles. The highest BCUT2D eigenvalue weighted by Crippen LogP contribution is 2.21. The molecule has 0 aromatic carbocycles. The second kappa shape index (κ2) is 4.63. The predicted molar refractivity (Wildman–Crippen MR) is 49.0 cm³/mol. The third kappa shape index (κ3) is 2.61. The van der Waals surface area contributed by atoms with Crippen molar-refractivity contribution in [3.63, 3.8) is 0 Å². The van der Waals surface area contributed by atoms with Crippen molar-refractivity contribution in [3.05, 3.63) is 12.2 Å². The van der Waals surface area contributed by atoms with Crippen molar-refractivity contribution in [3.8, 4) is 0 Å². The van der Waals surface area contributed by atoms with Crippen molar-refractivity contribution < 1.29 is 9.84 Å². The van der Waals surface area contributed by atoms with Gasteiger partial charge in [-0.1, -0.05) is 19.1 Å². The third-order valence-corrected chi connectivity index (χ3v) is 2.51. The van der Waals surface area contributed by atoms with Gasteiger partial charge in [0.25, 0.3) is 0 Å². The average molecular weight is 170 g/mol. The Labute approximate surface area is 74.2 Å². The van der Waals surface area contributed by atoms with Gasteiger partial charge in [0.2, 0.25) is 0 Å². The number of ether oxygens (including phenoxy) is 1. The number of aliphatic hydroxyl groups excluding tert-OH is 1. The summed E-state index contributed by atoms with van der Waals surface area (Å²) in [5, 5.41) is 9.71. The molecule has 1 rings (SSSR count). The van der Waals surface area contributed by atoms with E-state index in [2.05, 4.69) is 13.5 Å². The van der Waals surface area contributed by atoms with Crippen LogP contribution in [0, 0.1) is 5.92 Å². The Kier molecular flexibility index (Phi) is 3.76. The minimum absolute atomic E-state index is 0.236. The Bertz CT molecular complexity index is 148. The van der Waals surface area contributed by atoms with Gasteiger partial charge in [-0.2, -0.15) is 0 Å². The normalized spacial score (nSPS) is 25.7. The molecule has 0 bridgehead atoms. The first-order valence-corrected chi connectivity index (χ1v) is 4.66. The number of rotatable bonds is 4. The molecule has 2 atom stereocenters. The van der Waals surface area contributed by atoms with Gasteiger partial charge < -0.3 is 9.84 Å². The molecule has 0 radical (unpaired) electrons. The van der Waals surface area contributed by atoms with Crippen molar-refractivity contribution in [1.82, 2.24) is 0 Å². The molecule has 2 nitrogen and oxygen atoms in total. The zero-order chi connectivity index (χ0) is 8.97. The zero-order valence-electron chi connectivity index (χ0n) is 7.75. The van der Waals surface area contributed by atoms with Gasteiger partial charge in [0, 0.05) is 12.5 Å². The van der Waals surface area contributed by atoms with Crippen LogP contribution in [0.25, 0.3) is 0 Å². The van der Waals surface area contributed by atoms with Crippen LogP contribution in [-0.2, 0) is 4.74 Å². The Morgan fingerprint density at radius 3 is 3.00 bits per heavy atom. The van der Waals surface area contributed by atoms with Crippen LogP contribution in [0.5, 0.6) is 0 Å². The Hall–Kier alpha value is -0.340. The van der Waals surface area contributed by atoms with Crippen molar-refractivity contribution in [2.24, 2.45) is 5.92 Å². The summed E-state index contributed by atoms with van der Waals surface area (Å²) in [5.74, 6) is 0.341. The number of hydrogen-bond donors (Lipinski definition) is 1. The van der Waals surface area contributed by atoms with E-state index in [1.54, 1.807) is 0 Å². The first kappa shape index (κ1) is 9.75. The molecule has 1 N–H and O–H groups in total. The van der Waals surface area contributed by atoms with Crippen molar-refractivity contribution in [2.45, 2.75) is 32.3 Å². The molecular formula is C10H18O2. The van der Waals surface area contributed by atoms with Crippen LogP contribution in [0.15, 0.2) is 12.2 Å². The molecule has 2 heteroatoms. The van der Waals surface area contributed by atoms with Gasteiger partial charge in [-0.25, -0.2) is 0 Å². The van der Waals surface area contributed by atoms with Crippen LogP contribution in [0.1, 0.15) is 26.2 Å². The van der Waals surface area contributed by atoms with Crippen LogP contribution in [-0.4, -0.2) is 24.4 Å². The fraction of sp³-hybridized carbons (Fsp3) is 0.800. The van der Waals surface area contributed by atoms with Crippen LogP contribution in [0.2, 0.25) is 0 Å². The van der Waals surface area contributed by atoms with Gasteiger partial charge in [-0.15, -0.1) is 0 Å². The molecule has 70 valence electrons. The third-order valence-electron chi connectivity index (χ3n) is 2.51. The van der Waals surface area contributed by atoms with E-state index in [-0.39, 0.29) is 6.10 Å². The zero-order valence-corrected chi connectivity index (χ0v) is 7.75. The summed E-state index contributed by atoms with van der Waals surface area (Å²) in [6, 6.07) is 0. The maximum atomic E-state index is 9.71. The summed E-state index contributed by atoms with van der Waals surface area (Å²) in [7, 11) is 0. The van der Waals surface area contributed by atoms with Gasteiger partial charge in [0.05, 0.1) is 12.7 Å². The van der Waals surface area contributed by atoms with Crippen molar-refractivity contribution in [1.29, 1.82) is 0 Å². The topological polar surface area (TPSA) is 29.5 Å². The largest absolute Gasteiger partial charge is 0.392 e. The standard InChI is InChI=1S/C10H18O2/c1-3-8(2)6-10(11)9-4-5-12-7-9/h9-11H,2-7H2,1H3. The molecule has 0 spiro atoms. The van der Waals surface area contributed by atoms with E-state index in [9.17, 15) is 5.11 Å². The molecular weight excluding hydrogens is 152 g/mol. The highest BCUT2D eigenvalue weighted by Gasteiger charge is 2.23. The van der Waals surface area contributed by atoms with E-state index >= 15 is 0 Å². The lowest BCUT2D eigenvalue weighted by molar-refractivity contribution is 0.0914. The van der Waals surface area contributed by atoms with E-state index in [4.69, 9.17) is 4.74 Å². The summed E-state index contributed by atoms with van der Waals surface area (Å²) in [4.78, 5) is 0. The lowest BCUT2D eigenvalue weighted by Crippen LogP contribution is -2.20. The van der Waals surface area contributed by atoms with E-state index < -0.39 is 0 Å². The quantitative estimate of drug-likeness (QED) is 0.651. The molecule has 12 heavy (non-hydrogen) atoms. The smallest absolute Gasteiger partial charge is 0.0628 e. The van der Waals surface area contributed by atoms with Crippen molar-refractivity contribution in [2.75, 3.05) is 13.2 Å². The van der Waals surface area contributed by atoms with E-state index in [1.807, 2.05) is 0 Å². The fourth-order valence-corrected chi connectivity index (χ4v) is 1.46. The molecule has 0 saturated carbocycles.